The lowest BCUT2D eigenvalue weighted by atomic mass is 10.4. The Labute approximate surface area is 115 Å². The van der Waals surface area contributed by atoms with Crippen molar-refractivity contribution < 1.29 is 13.2 Å². The van der Waals surface area contributed by atoms with Gasteiger partial charge in [-0.15, -0.1) is 11.3 Å². The molecule has 1 aromatic rings. The molecule has 19 heavy (non-hydrogen) atoms. The number of anilines is 1. The van der Waals surface area contributed by atoms with Gasteiger partial charge in [0.05, 0.1) is 5.69 Å². The normalized spacial score (nSPS) is 11.9. The van der Waals surface area contributed by atoms with Crippen LogP contribution in [0.15, 0.2) is 0 Å². The lowest BCUT2D eigenvalue weighted by molar-refractivity contribution is -0.119. The molecule has 0 aliphatic rings. The largest absolute Gasteiger partial charge is 0.406 e. The molecule has 0 saturated heterocycles. The third-order valence-corrected chi connectivity index (χ3v) is 3.77. The van der Waals surface area contributed by atoms with Crippen LogP contribution < -0.4 is 10.2 Å². The number of rotatable bonds is 7. The molecule has 0 amide bonds. The molecule has 0 aliphatic heterocycles. The molecular formula is C12H20F3N3S. The van der Waals surface area contributed by atoms with Crippen LogP contribution in [-0.2, 0) is 6.54 Å². The summed E-state index contributed by atoms with van der Waals surface area (Å²) in [6.07, 6.45) is -3.53. The Morgan fingerprint density at radius 3 is 2.53 bits per heavy atom. The Balaban J connectivity index is 2.84. The number of nitrogens with zero attached hydrogens (tertiary/aromatic N) is 2. The van der Waals surface area contributed by atoms with Gasteiger partial charge in [-0.25, -0.2) is 4.98 Å². The van der Waals surface area contributed by atoms with Gasteiger partial charge in [0.25, 0.3) is 0 Å². The highest BCUT2D eigenvalue weighted by atomic mass is 32.1. The van der Waals surface area contributed by atoms with Crippen LogP contribution in [0.2, 0.25) is 0 Å². The molecule has 0 atom stereocenters. The second-order valence-electron chi connectivity index (χ2n) is 4.32. The Morgan fingerprint density at radius 2 is 2.00 bits per heavy atom. The first-order valence-electron chi connectivity index (χ1n) is 6.36. The van der Waals surface area contributed by atoms with E-state index in [0.29, 0.717) is 24.6 Å². The van der Waals surface area contributed by atoms with Gasteiger partial charge >= 0.3 is 6.18 Å². The summed E-state index contributed by atoms with van der Waals surface area (Å²) < 4.78 is 37.6. The maximum Gasteiger partial charge on any atom is 0.406 e. The van der Waals surface area contributed by atoms with Gasteiger partial charge < -0.3 is 10.2 Å². The third-order valence-electron chi connectivity index (χ3n) is 2.55. The van der Waals surface area contributed by atoms with Gasteiger partial charge in [0.15, 0.2) is 5.13 Å². The summed E-state index contributed by atoms with van der Waals surface area (Å²) in [6.45, 7) is 6.61. The standard InChI is InChI=1S/C12H20F3N3S/c1-4-6-18(8-12(13,14)15)11-17-9(3)10(19-11)7-16-5-2/h16H,4-8H2,1-3H3. The van der Waals surface area contributed by atoms with Crippen molar-refractivity contribution in [3.8, 4) is 0 Å². The first kappa shape index (κ1) is 16.2. The Bertz CT molecular complexity index is 390. The van der Waals surface area contributed by atoms with Crippen molar-refractivity contribution in [2.75, 3.05) is 24.5 Å². The highest BCUT2D eigenvalue weighted by Crippen LogP contribution is 2.29. The third kappa shape index (κ3) is 5.36. The first-order chi connectivity index (χ1) is 8.87. The number of halogens is 3. The highest BCUT2D eigenvalue weighted by molar-refractivity contribution is 7.15. The van der Waals surface area contributed by atoms with E-state index in [9.17, 15) is 13.2 Å². The van der Waals surface area contributed by atoms with Crippen LogP contribution in [0.5, 0.6) is 0 Å². The first-order valence-corrected chi connectivity index (χ1v) is 7.17. The number of hydrogen-bond donors (Lipinski definition) is 1. The lowest BCUT2D eigenvalue weighted by Crippen LogP contribution is -2.34. The number of thiazole rings is 1. The number of aromatic nitrogens is 1. The molecule has 0 bridgehead atoms. The van der Waals surface area contributed by atoms with E-state index in [1.165, 1.54) is 16.2 Å². The summed E-state index contributed by atoms with van der Waals surface area (Å²) in [5.41, 5.74) is 0.809. The molecule has 0 fully saturated rings. The topological polar surface area (TPSA) is 28.2 Å². The fraction of sp³-hybridized carbons (Fsp3) is 0.750. The number of hydrogen-bond acceptors (Lipinski definition) is 4. The summed E-state index contributed by atoms with van der Waals surface area (Å²) in [7, 11) is 0. The molecule has 1 heterocycles. The van der Waals surface area contributed by atoms with Gasteiger partial charge in [-0.2, -0.15) is 13.2 Å². The second-order valence-corrected chi connectivity index (χ2v) is 5.38. The van der Waals surface area contributed by atoms with Crippen molar-refractivity contribution in [1.82, 2.24) is 10.3 Å². The minimum Gasteiger partial charge on any atom is -0.339 e. The van der Waals surface area contributed by atoms with E-state index >= 15 is 0 Å². The van der Waals surface area contributed by atoms with Crippen molar-refractivity contribution in [3.05, 3.63) is 10.6 Å². The van der Waals surface area contributed by atoms with Crippen LogP contribution in [0.25, 0.3) is 0 Å². The van der Waals surface area contributed by atoms with Crippen LogP contribution in [0, 0.1) is 6.92 Å². The van der Waals surface area contributed by atoms with Gasteiger partial charge in [-0.1, -0.05) is 13.8 Å². The maximum absolute atomic E-state index is 12.5. The molecule has 1 aromatic heterocycles. The zero-order valence-electron chi connectivity index (χ0n) is 11.5. The molecule has 0 spiro atoms. The van der Waals surface area contributed by atoms with Crippen molar-refractivity contribution in [2.24, 2.45) is 0 Å². The molecular weight excluding hydrogens is 275 g/mol. The van der Waals surface area contributed by atoms with Crippen LogP contribution in [0.1, 0.15) is 30.8 Å². The van der Waals surface area contributed by atoms with E-state index in [1.807, 2.05) is 20.8 Å². The monoisotopic (exact) mass is 295 g/mol. The Kier molecular flexibility index (Phi) is 6.06. The zero-order chi connectivity index (χ0) is 14.5. The summed E-state index contributed by atoms with van der Waals surface area (Å²) in [5, 5.41) is 3.63. The van der Waals surface area contributed by atoms with Gasteiger partial charge in [0, 0.05) is 18.0 Å². The molecule has 7 heteroatoms. The average molecular weight is 295 g/mol. The summed E-state index contributed by atoms with van der Waals surface area (Å²) in [4.78, 5) is 6.58. The molecule has 1 rings (SSSR count). The van der Waals surface area contributed by atoms with Gasteiger partial charge in [0.1, 0.15) is 6.54 Å². The lowest BCUT2D eigenvalue weighted by Gasteiger charge is -2.22. The van der Waals surface area contributed by atoms with E-state index in [4.69, 9.17) is 0 Å². The van der Waals surface area contributed by atoms with Gasteiger partial charge in [-0.3, -0.25) is 0 Å². The van der Waals surface area contributed by atoms with Crippen molar-refractivity contribution >= 4 is 16.5 Å². The predicted octanol–water partition coefficient (Wildman–Crippen LogP) is 3.34. The summed E-state index contributed by atoms with van der Waals surface area (Å²) in [6, 6.07) is 0. The molecule has 0 unspecified atom stereocenters. The van der Waals surface area contributed by atoms with Gasteiger partial charge in [-0.05, 0) is 19.9 Å². The van der Waals surface area contributed by atoms with Crippen molar-refractivity contribution in [3.63, 3.8) is 0 Å². The second kappa shape index (κ2) is 7.09. The Morgan fingerprint density at radius 1 is 1.32 bits per heavy atom. The van der Waals surface area contributed by atoms with Crippen molar-refractivity contribution in [2.45, 2.75) is 39.9 Å². The van der Waals surface area contributed by atoms with E-state index in [-0.39, 0.29) is 0 Å². The molecule has 1 N–H and O–H groups in total. The quantitative estimate of drug-likeness (QED) is 0.836. The fourth-order valence-corrected chi connectivity index (χ4v) is 2.73. The zero-order valence-corrected chi connectivity index (χ0v) is 12.3. The van der Waals surface area contributed by atoms with Crippen LogP contribution in [0.4, 0.5) is 18.3 Å². The van der Waals surface area contributed by atoms with Crippen LogP contribution >= 0.6 is 11.3 Å². The molecule has 110 valence electrons. The molecule has 0 aliphatic carbocycles. The Hall–Kier alpha value is -0.820. The van der Waals surface area contributed by atoms with E-state index in [2.05, 4.69) is 10.3 Å². The summed E-state index contributed by atoms with van der Waals surface area (Å²) in [5.74, 6) is 0. The minimum absolute atomic E-state index is 0.368. The molecule has 0 aromatic carbocycles. The summed E-state index contributed by atoms with van der Waals surface area (Å²) >= 11 is 1.34. The number of alkyl halides is 3. The van der Waals surface area contributed by atoms with Crippen molar-refractivity contribution in [1.29, 1.82) is 0 Å². The molecule has 0 radical (unpaired) electrons. The van der Waals surface area contributed by atoms with Crippen LogP contribution in [0.3, 0.4) is 0 Å². The van der Waals surface area contributed by atoms with Gasteiger partial charge in [0.2, 0.25) is 0 Å². The number of aryl methyl sites for hydroxylation is 1. The van der Waals surface area contributed by atoms with E-state index < -0.39 is 12.7 Å². The number of nitrogens with one attached hydrogen (secondary N) is 1. The predicted molar refractivity (Wildman–Crippen MR) is 72.8 cm³/mol. The van der Waals surface area contributed by atoms with E-state index in [0.717, 1.165) is 17.1 Å². The fourth-order valence-electron chi connectivity index (χ4n) is 1.68. The molecule has 0 saturated carbocycles. The maximum atomic E-state index is 12.5. The average Bonchev–Trinajstić information content (AvgIpc) is 2.66. The highest BCUT2D eigenvalue weighted by Gasteiger charge is 2.31. The minimum atomic E-state index is -4.20. The van der Waals surface area contributed by atoms with Crippen LogP contribution in [-0.4, -0.2) is 30.8 Å². The SMILES string of the molecule is CCCN(CC(F)(F)F)c1nc(C)c(CNCC)s1. The molecule has 3 nitrogen and oxygen atoms in total. The smallest absolute Gasteiger partial charge is 0.339 e. The van der Waals surface area contributed by atoms with E-state index in [1.54, 1.807) is 0 Å².